The summed E-state index contributed by atoms with van der Waals surface area (Å²) in [5.41, 5.74) is 0.995. The topological polar surface area (TPSA) is 113 Å². The van der Waals surface area contributed by atoms with Crippen molar-refractivity contribution in [1.29, 1.82) is 0 Å². The van der Waals surface area contributed by atoms with Crippen LogP contribution in [0.2, 0.25) is 5.02 Å². The number of benzene rings is 1. The zero-order chi connectivity index (χ0) is 19.8. The summed E-state index contributed by atoms with van der Waals surface area (Å²) in [6, 6.07) is 6.65. The Bertz CT molecular complexity index is 1130. The van der Waals surface area contributed by atoms with E-state index in [9.17, 15) is 9.59 Å². The largest absolute Gasteiger partial charge is 0.447 e. The maximum Gasteiger partial charge on any atom is 0.416 e. The molecule has 2 N–H and O–H groups in total. The van der Waals surface area contributed by atoms with Crippen LogP contribution in [0.3, 0.4) is 0 Å². The highest BCUT2D eigenvalue weighted by Crippen LogP contribution is 2.22. The van der Waals surface area contributed by atoms with Crippen LogP contribution in [0.1, 0.15) is 24.4 Å². The van der Waals surface area contributed by atoms with Gasteiger partial charge in [0.1, 0.15) is 12.4 Å². The number of H-pyrrole nitrogens is 1. The molecule has 0 radical (unpaired) electrons. The van der Waals surface area contributed by atoms with Gasteiger partial charge in [0.25, 0.3) is 5.56 Å². The third-order valence-electron chi connectivity index (χ3n) is 4.38. The van der Waals surface area contributed by atoms with Gasteiger partial charge in [-0.05, 0) is 38.1 Å². The van der Waals surface area contributed by atoms with Crippen molar-refractivity contribution < 1.29 is 9.53 Å². The molecule has 0 aliphatic carbocycles. The smallest absolute Gasteiger partial charge is 0.416 e. The van der Waals surface area contributed by atoms with E-state index < -0.39 is 12.1 Å². The second kappa shape index (κ2) is 7.08. The minimum absolute atomic E-state index is 0.212. The number of carbonyl (C=O) groups is 1. The summed E-state index contributed by atoms with van der Waals surface area (Å²) >= 11 is 6.05. The molecule has 3 heterocycles. The standard InChI is InChI=1S/C18H17ClN6O3/c1-9(13-8-11-7-12(19)3-4-14(11)23-15(13)26)20-16-21-10(2)22-17(24-16)25-5-6-28-18(25)27/h3-4,7-9H,5-6H2,1-2H3,(H,23,26)(H,20,21,22,24). The Hall–Kier alpha value is -3.20. The first-order valence-corrected chi connectivity index (χ1v) is 9.04. The van der Waals surface area contributed by atoms with E-state index in [1.165, 1.54) is 4.90 Å². The van der Waals surface area contributed by atoms with Gasteiger partial charge in [0.15, 0.2) is 0 Å². The van der Waals surface area contributed by atoms with Crippen molar-refractivity contribution >= 4 is 40.5 Å². The average Bonchev–Trinajstić information content (AvgIpc) is 3.07. The summed E-state index contributed by atoms with van der Waals surface area (Å²) in [4.78, 5) is 41.2. The summed E-state index contributed by atoms with van der Waals surface area (Å²) in [7, 11) is 0. The number of ether oxygens (including phenoxy) is 1. The molecule has 1 fully saturated rings. The molecule has 28 heavy (non-hydrogen) atoms. The predicted molar refractivity (Wildman–Crippen MR) is 105 cm³/mol. The Balaban J connectivity index is 1.65. The summed E-state index contributed by atoms with van der Waals surface area (Å²) in [5.74, 6) is 0.919. The average molecular weight is 401 g/mol. The molecule has 144 valence electrons. The molecule has 9 nitrogen and oxygen atoms in total. The van der Waals surface area contributed by atoms with E-state index in [1.807, 2.05) is 6.92 Å². The molecule has 1 aliphatic heterocycles. The first kappa shape index (κ1) is 18.2. The van der Waals surface area contributed by atoms with E-state index in [0.29, 0.717) is 28.5 Å². The number of aromatic amines is 1. The molecular weight excluding hydrogens is 384 g/mol. The lowest BCUT2D eigenvalue weighted by Gasteiger charge is -2.16. The Morgan fingerprint density at radius 3 is 2.82 bits per heavy atom. The zero-order valence-corrected chi connectivity index (χ0v) is 15.9. The van der Waals surface area contributed by atoms with Crippen molar-refractivity contribution in [1.82, 2.24) is 19.9 Å². The summed E-state index contributed by atoms with van der Waals surface area (Å²) in [6.45, 7) is 4.19. The van der Waals surface area contributed by atoms with Gasteiger partial charge in [-0.2, -0.15) is 15.0 Å². The molecule has 1 amide bonds. The van der Waals surface area contributed by atoms with Crippen molar-refractivity contribution in [3.05, 3.63) is 51.0 Å². The minimum atomic E-state index is -0.493. The van der Waals surface area contributed by atoms with Gasteiger partial charge in [-0.25, -0.2) is 9.69 Å². The van der Waals surface area contributed by atoms with Crippen LogP contribution in [0.15, 0.2) is 29.1 Å². The van der Waals surface area contributed by atoms with Crippen molar-refractivity contribution in [3.63, 3.8) is 0 Å². The molecule has 4 rings (SSSR count). The molecule has 1 aliphatic rings. The van der Waals surface area contributed by atoms with Gasteiger partial charge in [-0.3, -0.25) is 4.79 Å². The SMILES string of the molecule is Cc1nc(NC(C)c2cc3cc(Cl)ccc3[nH]c2=O)nc(N2CCOC2=O)n1. The molecule has 0 saturated carbocycles. The molecular formula is C18H17ClN6O3. The number of fused-ring (bicyclic) bond motifs is 1. The van der Waals surface area contributed by atoms with Crippen molar-refractivity contribution in [3.8, 4) is 0 Å². The van der Waals surface area contributed by atoms with Crippen LogP contribution in [-0.4, -0.2) is 39.2 Å². The third kappa shape index (κ3) is 3.48. The van der Waals surface area contributed by atoms with E-state index >= 15 is 0 Å². The van der Waals surface area contributed by atoms with E-state index in [2.05, 4.69) is 25.3 Å². The van der Waals surface area contributed by atoms with E-state index in [1.54, 1.807) is 31.2 Å². The number of aryl methyl sites for hydroxylation is 1. The van der Waals surface area contributed by atoms with Gasteiger partial charge in [-0.15, -0.1) is 0 Å². The van der Waals surface area contributed by atoms with Crippen molar-refractivity contribution in [2.24, 2.45) is 0 Å². The highest BCUT2D eigenvalue weighted by atomic mass is 35.5. The quantitative estimate of drug-likeness (QED) is 0.692. The number of rotatable bonds is 4. The molecule has 1 saturated heterocycles. The second-order valence-electron chi connectivity index (χ2n) is 6.42. The Morgan fingerprint density at radius 1 is 1.25 bits per heavy atom. The van der Waals surface area contributed by atoms with Gasteiger partial charge in [0, 0.05) is 21.5 Å². The highest BCUT2D eigenvalue weighted by molar-refractivity contribution is 6.31. The number of nitrogens with one attached hydrogen (secondary N) is 2. The number of pyridine rings is 1. The van der Waals surface area contributed by atoms with Crippen molar-refractivity contribution in [2.45, 2.75) is 19.9 Å². The van der Waals surface area contributed by atoms with E-state index in [-0.39, 0.29) is 24.1 Å². The number of halogens is 1. The van der Waals surface area contributed by atoms with Gasteiger partial charge >= 0.3 is 6.09 Å². The van der Waals surface area contributed by atoms with Crippen LogP contribution >= 0.6 is 11.6 Å². The number of aromatic nitrogens is 4. The fraction of sp³-hybridized carbons (Fsp3) is 0.278. The predicted octanol–water partition coefficient (Wildman–Crippen LogP) is 2.80. The van der Waals surface area contributed by atoms with Crippen LogP contribution in [0, 0.1) is 6.92 Å². The normalized spacial score (nSPS) is 15.0. The molecule has 2 aromatic heterocycles. The Morgan fingerprint density at radius 2 is 2.07 bits per heavy atom. The van der Waals surface area contributed by atoms with Crippen LogP contribution in [0.5, 0.6) is 0 Å². The maximum atomic E-state index is 12.5. The molecule has 3 aromatic rings. The van der Waals surface area contributed by atoms with E-state index in [0.717, 1.165) is 5.39 Å². The lowest BCUT2D eigenvalue weighted by molar-refractivity contribution is 0.181. The lowest BCUT2D eigenvalue weighted by Crippen LogP contribution is -2.27. The van der Waals surface area contributed by atoms with E-state index in [4.69, 9.17) is 16.3 Å². The first-order chi connectivity index (χ1) is 13.4. The Labute approximate surface area is 164 Å². The molecule has 1 atom stereocenters. The molecule has 1 unspecified atom stereocenters. The van der Waals surface area contributed by atoms with Gasteiger partial charge in [0.05, 0.1) is 12.6 Å². The second-order valence-corrected chi connectivity index (χ2v) is 6.86. The van der Waals surface area contributed by atoms with Gasteiger partial charge in [0.2, 0.25) is 11.9 Å². The Kier molecular flexibility index (Phi) is 4.60. The van der Waals surface area contributed by atoms with Crippen LogP contribution < -0.4 is 15.8 Å². The van der Waals surface area contributed by atoms with Gasteiger partial charge in [-0.1, -0.05) is 11.6 Å². The van der Waals surface area contributed by atoms with Crippen LogP contribution in [-0.2, 0) is 4.74 Å². The zero-order valence-electron chi connectivity index (χ0n) is 15.2. The molecule has 0 spiro atoms. The summed E-state index contributed by atoms with van der Waals surface area (Å²) in [6.07, 6.45) is -0.493. The summed E-state index contributed by atoms with van der Waals surface area (Å²) < 4.78 is 4.93. The first-order valence-electron chi connectivity index (χ1n) is 8.67. The highest BCUT2D eigenvalue weighted by Gasteiger charge is 2.27. The molecule has 0 bridgehead atoms. The van der Waals surface area contributed by atoms with Crippen molar-refractivity contribution in [2.75, 3.05) is 23.4 Å². The summed E-state index contributed by atoms with van der Waals surface area (Å²) in [5, 5.41) is 4.51. The fourth-order valence-corrected chi connectivity index (χ4v) is 3.20. The number of hydrogen-bond donors (Lipinski definition) is 2. The number of carbonyl (C=O) groups excluding carboxylic acids is 1. The number of cyclic esters (lactones) is 1. The monoisotopic (exact) mass is 400 g/mol. The maximum absolute atomic E-state index is 12.5. The van der Waals surface area contributed by atoms with Crippen LogP contribution in [0.4, 0.5) is 16.7 Å². The molecule has 10 heteroatoms. The fourth-order valence-electron chi connectivity index (χ4n) is 3.02. The number of nitrogens with zero attached hydrogens (tertiary/aromatic N) is 4. The lowest BCUT2D eigenvalue weighted by atomic mass is 10.1. The molecule has 1 aromatic carbocycles. The number of hydrogen-bond acceptors (Lipinski definition) is 7. The minimum Gasteiger partial charge on any atom is -0.447 e. The van der Waals surface area contributed by atoms with Gasteiger partial charge < -0.3 is 15.0 Å². The number of anilines is 2. The van der Waals surface area contributed by atoms with Crippen LogP contribution in [0.25, 0.3) is 10.9 Å². The number of amides is 1. The third-order valence-corrected chi connectivity index (χ3v) is 4.62.